The van der Waals surface area contributed by atoms with Crippen LogP contribution in [0.4, 0.5) is 17.6 Å². The van der Waals surface area contributed by atoms with Crippen molar-refractivity contribution < 1.29 is 30.8 Å². The summed E-state index contributed by atoms with van der Waals surface area (Å²) in [4.78, 5) is 18.7. The van der Waals surface area contributed by atoms with Gasteiger partial charge < -0.3 is 0 Å². The Morgan fingerprint density at radius 3 is 2.47 bits per heavy atom. The van der Waals surface area contributed by atoms with Crippen LogP contribution >= 0.6 is 0 Å². The zero-order valence-electron chi connectivity index (χ0n) is 25.5. The van der Waals surface area contributed by atoms with E-state index in [2.05, 4.69) is 15.2 Å². The molecule has 3 aliphatic carbocycles. The normalized spacial score (nSPS) is 21.8. The van der Waals surface area contributed by atoms with E-state index in [1.54, 1.807) is 36.3 Å². The Bertz CT molecular complexity index is 1980. The lowest BCUT2D eigenvalue weighted by Gasteiger charge is -2.47. The molecule has 0 saturated heterocycles. The van der Waals surface area contributed by atoms with Crippen LogP contribution in [0.2, 0.25) is 0 Å². The summed E-state index contributed by atoms with van der Waals surface area (Å²) in [7, 11) is -2.44. The van der Waals surface area contributed by atoms with Crippen LogP contribution in [-0.2, 0) is 29.7 Å². The van der Waals surface area contributed by atoms with Crippen molar-refractivity contribution >= 4 is 21.9 Å². The number of pyridine rings is 1. The first kappa shape index (κ1) is 31.4. The van der Waals surface area contributed by atoms with Crippen molar-refractivity contribution in [3.05, 3.63) is 95.0 Å². The fourth-order valence-electron chi connectivity index (χ4n) is 7.55. The van der Waals surface area contributed by atoms with Crippen LogP contribution in [0, 0.1) is 11.2 Å². The summed E-state index contributed by atoms with van der Waals surface area (Å²) >= 11 is 0. The van der Waals surface area contributed by atoms with E-state index in [9.17, 15) is 30.8 Å². The molecule has 2 atom stereocenters. The summed E-state index contributed by atoms with van der Waals surface area (Å²) < 4.78 is 88.1. The molecule has 0 bridgehead atoms. The average Bonchev–Trinajstić information content (AvgIpc) is 3.82. The van der Waals surface area contributed by atoms with Gasteiger partial charge in [0.15, 0.2) is 10.8 Å². The zero-order valence-corrected chi connectivity index (χ0v) is 26.3. The van der Waals surface area contributed by atoms with Crippen LogP contribution in [0.15, 0.2) is 71.7 Å². The molecule has 3 aromatic heterocycles. The number of aromatic nitrogens is 5. The van der Waals surface area contributed by atoms with Crippen molar-refractivity contribution in [2.45, 2.75) is 74.7 Å². The summed E-state index contributed by atoms with van der Waals surface area (Å²) in [6.45, 7) is 0. The molecule has 14 heteroatoms. The topological polar surface area (TPSA) is 103 Å². The number of benzene rings is 1. The zero-order chi connectivity index (χ0) is 33.1. The molecule has 47 heavy (non-hydrogen) atoms. The van der Waals surface area contributed by atoms with E-state index in [-0.39, 0.29) is 29.6 Å². The summed E-state index contributed by atoms with van der Waals surface area (Å²) in [6, 6.07) is 7.93. The van der Waals surface area contributed by atoms with E-state index in [1.807, 2.05) is 6.08 Å². The lowest BCUT2D eigenvalue weighted by molar-refractivity contribution is -0.137. The molecule has 2 saturated carbocycles. The number of hydrogen-bond acceptors (Lipinski definition) is 6. The van der Waals surface area contributed by atoms with Crippen molar-refractivity contribution in [1.29, 1.82) is 0 Å². The molecule has 0 unspecified atom stereocenters. The Hall–Kier alpha value is -4.17. The number of Topliss-reactive ketones (excluding diaryl/α,β-unsaturated/α-hetero) is 1. The second-order valence-electron chi connectivity index (χ2n) is 12.6. The number of sulfonamides is 1. The van der Waals surface area contributed by atoms with Gasteiger partial charge in [0.25, 0.3) is 10.0 Å². The van der Waals surface area contributed by atoms with Crippen molar-refractivity contribution in [2.75, 3.05) is 0 Å². The highest BCUT2D eigenvalue weighted by Gasteiger charge is 2.53. The molecule has 0 spiro atoms. The van der Waals surface area contributed by atoms with Crippen molar-refractivity contribution in [1.82, 2.24) is 28.9 Å². The standard InChI is InChI=1S/C33H32F4N6O3S/c1-41-15-13-30(40-41)47(45,46)43(26-4-2-3-5-26)27-9-6-22-17-29-21(20-39-42(29)25-10-7-24(34)8-11-25)18-32(22,19-27)31(44)28-16-23(12-14-38-28)33(35,36)37/h7-8,10-17,20,26-27H,2-6,9,18-19H2,1H3/t27-,32-/m0/s1. The van der Waals surface area contributed by atoms with Crippen LogP contribution in [0.5, 0.6) is 0 Å². The highest BCUT2D eigenvalue weighted by Crippen LogP contribution is 2.52. The predicted molar refractivity (Wildman–Crippen MR) is 163 cm³/mol. The van der Waals surface area contributed by atoms with Crippen molar-refractivity contribution in [3.8, 4) is 5.69 Å². The number of alkyl halides is 3. The third-order valence-electron chi connectivity index (χ3n) is 9.74. The summed E-state index contributed by atoms with van der Waals surface area (Å²) in [5.41, 5.74) is -0.0724. The minimum Gasteiger partial charge on any atom is -0.291 e. The Morgan fingerprint density at radius 1 is 1.04 bits per heavy atom. The number of carbonyl (C=O) groups is 1. The quantitative estimate of drug-likeness (QED) is 0.173. The third kappa shape index (κ3) is 5.50. The SMILES string of the molecule is Cn1ccc(S(=O)(=O)N(C2CCCC2)[C@H]2CCC3=Cc4c(cnn4-c4ccc(F)cc4)C[C@]3(C(=O)c3cc(C(F)(F)F)ccn3)C2)n1. The van der Waals surface area contributed by atoms with Crippen LogP contribution in [0.25, 0.3) is 11.8 Å². The van der Waals surface area contributed by atoms with Crippen LogP contribution < -0.4 is 0 Å². The number of halogens is 4. The monoisotopic (exact) mass is 668 g/mol. The first-order valence-electron chi connectivity index (χ1n) is 15.5. The molecule has 3 aliphatic rings. The average molecular weight is 669 g/mol. The van der Waals surface area contributed by atoms with Gasteiger partial charge in [-0.15, -0.1) is 0 Å². The minimum atomic E-state index is -4.69. The Balaban J connectivity index is 1.35. The minimum absolute atomic E-state index is 0.0549. The summed E-state index contributed by atoms with van der Waals surface area (Å²) in [5.74, 6) is -1.00. The van der Waals surface area contributed by atoms with Gasteiger partial charge in [-0.05, 0) is 92.6 Å². The molecular weight excluding hydrogens is 636 g/mol. The molecule has 0 N–H and O–H groups in total. The fourth-order valence-corrected chi connectivity index (χ4v) is 9.41. The van der Waals surface area contributed by atoms with Gasteiger partial charge in [-0.3, -0.25) is 14.5 Å². The van der Waals surface area contributed by atoms with Crippen molar-refractivity contribution in [2.24, 2.45) is 12.5 Å². The van der Waals surface area contributed by atoms with E-state index >= 15 is 0 Å². The summed E-state index contributed by atoms with van der Waals surface area (Å²) in [6.07, 6.45) is 5.21. The van der Waals surface area contributed by atoms with E-state index in [4.69, 9.17) is 0 Å². The maximum atomic E-state index is 14.6. The maximum Gasteiger partial charge on any atom is 0.416 e. The molecule has 4 aromatic rings. The van der Waals surface area contributed by atoms with E-state index in [0.717, 1.165) is 31.2 Å². The maximum absolute atomic E-state index is 14.6. The Labute approximate surface area is 269 Å². The fraction of sp³-hybridized carbons (Fsp3) is 0.394. The van der Waals surface area contributed by atoms with Gasteiger partial charge in [0.1, 0.15) is 11.5 Å². The molecule has 3 heterocycles. The highest BCUT2D eigenvalue weighted by atomic mass is 32.2. The van der Waals surface area contributed by atoms with Gasteiger partial charge in [-0.25, -0.2) is 17.5 Å². The summed E-state index contributed by atoms with van der Waals surface area (Å²) in [5, 5.41) is 8.65. The smallest absolute Gasteiger partial charge is 0.291 e. The number of aryl methyl sites for hydroxylation is 1. The number of rotatable bonds is 7. The van der Waals surface area contributed by atoms with Crippen LogP contribution in [-0.4, -0.2) is 55.1 Å². The second kappa shape index (κ2) is 11.5. The molecular formula is C33H32F4N6O3S. The van der Waals surface area contributed by atoms with Crippen LogP contribution in [0.1, 0.15) is 72.3 Å². The Morgan fingerprint density at radius 2 is 1.79 bits per heavy atom. The molecule has 7 rings (SSSR count). The van der Waals surface area contributed by atoms with Gasteiger partial charge in [0.05, 0.1) is 28.6 Å². The largest absolute Gasteiger partial charge is 0.416 e. The number of carbonyl (C=O) groups excluding carboxylic acids is 1. The molecule has 0 aliphatic heterocycles. The van der Waals surface area contributed by atoms with Gasteiger partial charge in [0.2, 0.25) is 0 Å². The molecule has 0 radical (unpaired) electrons. The third-order valence-corrected chi connectivity index (χ3v) is 11.6. The van der Waals surface area contributed by atoms with Gasteiger partial charge >= 0.3 is 6.18 Å². The number of allylic oxidation sites excluding steroid dienone is 1. The number of fused-ring (bicyclic) bond motifs is 2. The van der Waals surface area contributed by atoms with Gasteiger partial charge in [0, 0.05) is 31.5 Å². The van der Waals surface area contributed by atoms with E-state index < -0.39 is 44.8 Å². The van der Waals surface area contributed by atoms with E-state index in [1.165, 1.54) is 27.2 Å². The van der Waals surface area contributed by atoms with Gasteiger partial charge in [-0.1, -0.05) is 18.4 Å². The molecule has 2 fully saturated rings. The highest BCUT2D eigenvalue weighted by molar-refractivity contribution is 7.89. The molecule has 0 amide bonds. The van der Waals surface area contributed by atoms with Crippen molar-refractivity contribution in [3.63, 3.8) is 0 Å². The van der Waals surface area contributed by atoms with Crippen LogP contribution in [0.3, 0.4) is 0 Å². The van der Waals surface area contributed by atoms with E-state index in [0.29, 0.717) is 48.2 Å². The number of nitrogens with zero attached hydrogens (tertiary/aromatic N) is 6. The number of ketones is 1. The van der Waals surface area contributed by atoms with Gasteiger partial charge in [-0.2, -0.15) is 27.7 Å². The lowest BCUT2D eigenvalue weighted by Crippen LogP contribution is -2.53. The molecule has 9 nitrogen and oxygen atoms in total. The lowest BCUT2D eigenvalue weighted by atomic mass is 9.60. The predicted octanol–water partition coefficient (Wildman–Crippen LogP) is 6.15. The molecule has 246 valence electrons. The second-order valence-corrected chi connectivity index (χ2v) is 14.4. The number of hydrogen-bond donors (Lipinski definition) is 0. The first-order chi connectivity index (χ1) is 22.4. The Kier molecular flexibility index (Phi) is 7.70. The molecule has 1 aromatic carbocycles. The first-order valence-corrected chi connectivity index (χ1v) is 17.0.